The van der Waals surface area contributed by atoms with Gasteiger partial charge in [0.2, 0.25) is 0 Å². The van der Waals surface area contributed by atoms with Gasteiger partial charge in [0.15, 0.2) is 0 Å². The van der Waals surface area contributed by atoms with E-state index in [0.717, 1.165) is 16.9 Å². The van der Waals surface area contributed by atoms with Crippen molar-refractivity contribution < 1.29 is 13.9 Å². The molecule has 110 valence electrons. The van der Waals surface area contributed by atoms with E-state index in [1.807, 2.05) is 38.1 Å². The van der Waals surface area contributed by atoms with E-state index in [-0.39, 0.29) is 5.56 Å². The summed E-state index contributed by atoms with van der Waals surface area (Å²) in [5.41, 5.74) is 2.02. The van der Waals surface area contributed by atoms with E-state index < -0.39 is 11.7 Å². The van der Waals surface area contributed by atoms with Crippen molar-refractivity contribution in [1.29, 1.82) is 0 Å². The van der Waals surface area contributed by atoms with Crippen LogP contribution >= 0.6 is 0 Å². The van der Waals surface area contributed by atoms with Crippen molar-refractivity contribution in [2.75, 3.05) is 13.2 Å². The Kier molecular flexibility index (Phi) is 4.93. The third kappa shape index (κ3) is 4.31. The van der Waals surface area contributed by atoms with Gasteiger partial charge in [-0.3, -0.25) is 4.79 Å². The van der Waals surface area contributed by atoms with Crippen LogP contribution in [0.2, 0.25) is 0 Å². The number of rotatable bonds is 5. The van der Waals surface area contributed by atoms with Crippen molar-refractivity contribution in [3.63, 3.8) is 0 Å². The Labute approximate surface area is 123 Å². The topological polar surface area (TPSA) is 38.3 Å². The van der Waals surface area contributed by atoms with Gasteiger partial charge in [0.25, 0.3) is 5.91 Å². The van der Waals surface area contributed by atoms with Gasteiger partial charge in [-0.15, -0.1) is 0 Å². The van der Waals surface area contributed by atoms with Crippen LogP contribution in [0, 0.1) is 19.7 Å². The molecule has 0 atom stereocenters. The number of hydrogen-bond donors (Lipinski definition) is 1. The molecule has 4 heteroatoms. The average molecular weight is 287 g/mol. The monoisotopic (exact) mass is 287 g/mol. The molecule has 0 saturated heterocycles. The van der Waals surface area contributed by atoms with E-state index in [2.05, 4.69) is 5.32 Å². The molecule has 21 heavy (non-hydrogen) atoms. The molecule has 0 heterocycles. The van der Waals surface area contributed by atoms with Crippen LogP contribution in [0.15, 0.2) is 42.5 Å². The zero-order valence-electron chi connectivity index (χ0n) is 12.2. The van der Waals surface area contributed by atoms with Crippen molar-refractivity contribution in [3.8, 4) is 5.75 Å². The fourth-order valence-electron chi connectivity index (χ4n) is 1.95. The van der Waals surface area contributed by atoms with Crippen molar-refractivity contribution in [2.45, 2.75) is 13.8 Å². The Balaban J connectivity index is 1.83. The molecule has 2 aromatic carbocycles. The lowest BCUT2D eigenvalue weighted by Crippen LogP contribution is -2.28. The zero-order chi connectivity index (χ0) is 15.2. The largest absolute Gasteiger partial charge is 0.492 e. The average Bonchev–Trinajstić information content (AvgIpc) is 2.46. The number of carbonyl (C=O) groups excluding carboxylic acids is 1. The Morgan fingerprint density at radius 2 is 1.90 bits per heavy atom. The lowest BCUT2D eigenvalue weighted by atomic mass is 10.1. The number of ether oxygens (including phenoxy) is 1. The number of hydrogen-bond acceptors (Lipinski definition) is 2. The van der Waals surface area contributed by atoms with E-state index in [0.29, 0.717) is 13.2 Å². The maximum Gasteiger partial charge on any atom is 0.254 e. The lowest BCUT2D eigenvalue weighted by Gasteiger charge is -2.09. The molecule has 3 nitrogen and oxygen atoms in total. The normalized spacial score (nSPS) is 10.2. The minimum absolute atomic E-state index is 0.0607. The highest BCUT2D eigenvalue weighted by Crippen LogP contribution is 2.12. The Hall–Kier alpha value is -2.36. The van der Waals surface area contributed by atoms with Gasteiger partial charge >= 0.3 is 0 Å². The van der Waals surface area contributed by atoms with E-state index >= 15 is 0 Å². The summed E-state index contributed by atoms with van der Waals surface area (Å²) in [5, 5.41) is 2.65. The minimum Gasteiger partial charge on any atom is -0.492 e. The molecular formula is C17H18FNO2. The molecule has 0 fully saturated rings. The summed E-state index contributed by atoms with van der Waals surface area (Å²) in [5.74, 6) is -0.187. The number of aryl methyl sites for hydroxylation is 2. The summed E-state index contributed by atoms with van der Waals surface area (Å²) in [6.07, 6.45) is 0. The molecule has 1 N–H and O–H groups in total. The standard InChI is InChI=1S/C17H18FNO2/c1-12-4-3-5-14(10-12)21-9-8-19-17(20)15-11-13(2)6-7-16(15)18/h3-7,10-11H,8-9H2,1-2H3,(H,19,20). The van der Waals surface area contributed by atoms with E-state index in [1.54, 1.807) is 6.07 Å². The van der Waals surface area contributed by atoms with Gasteiger partial charge in [-0.05, 0) is 43.7 Å². The smallest absolute Gasteiger partial charge is 0.254 e. The van der Waals surface area contributed by atoms with Crippen LogP contribution in [0.25, 0.3) is 0 Å². The second kappa shape index (κ2) is 6.88. The van der Waals surface area contributed by atoms with Crippen molar-refractivity contribution in [3.05, 3.63) is 65.0 Å². The van der Waals surface area contributed by atoms with Crippen molar-refractivity contribution in [2.24, 2.45) is 0 Å². The summed E-state index contributed by atoms with van der Waals surface area (Å²) < 4.78 is 19.1. The summed E-state index contributed by atoms with van der Waals surface area (Å²) in [6.45, 7) is 4.45. The van der Waals surface area contributed by atoms with Crippen LogP contribution in [-0.4, -0.2) is 19.1 Å². The van der Waals surface area contributed by atoms with Crippen LogP contribution in [0.1, 0.15) is 21.5 Å². The van der Waals surface area contributed by atoms with E-state index in [1.165, 1.54) is 12.1 Å². The van der Waals surface area contributed by atoms with Gasteiger partial charge in [0.1, 0.15) is 18.2 Å². The Bertz CT molecular complexity index is 640. The van der Waals surface area contributed by atoms with Gasteiger partial charge < -0.3 is 10.1 Å². The van der Waals surface area contributed by atoms with Gasteiger partial charge in [0.05, 0.1) is 12.1 Å². The van der Waals surface area contributed by atoms with Gasteiger partial charge in [-0.25, -0.2) is 4.39 Å². The minimum atomic E-state index is -0.516. The van der Waals surface area contributed by atoms with Gasteiger partial charge in [0, 0.05) is 0 Å². The second-order valence-electron chi connectivity index (χ2n) is 4.90. The van der Waals surface area contributed by atoms with Gasteiger partial charge in [-0.1, -0.05) is 23.8 Å². The highest BCUT2D eigenvalue weighted by Gasteiger charge is 2.11. The fraction of sp³-hybridized carbons (Fsp3) is 0.235. The first-order chi connectivity index (χ1) is 10.1. The fourth-order valence-corrected chi connectivity index (χ4v) is 1.95. The van der Waals surface area contributed by atoms with Gasteiger partial charge in [-0.2, -0.15) is 0 Å². The SMILES string of the molecule is Cc1cccc(OCCNC(=O)c2cc(C)ccc2F)c1. The summed E-state index contributed by atoms with van der Waals surface area (Å²) in [6, 6.07) is 12.1. The first kappa shape index (κ1) is 15.0. The molecule has 0 aliphatic rings. The van der Waals surface area contributed by atoms with Crippen LogP contribution in [0.4, 0.5) is 4.39 Å². The van der Waals surface area contributed by atoms with Crippen molar-refractivity contribution in [1.82, 2.24) is 5.32 Å². The Morgan fingerprint density at radius 1 is 1.14 bits per heavy atom. The highest BCUT2D eigenvalue weighted by molar-refractivity contribution is 5.94. The summed E-state index contributed by atoms with van der Waals surface area (Å²) >= 11 is 0. The van der Waals surface area contributed by atoms with E-state index in [4.69, 9.17) is 4.74 Å². The predicted molar refractivity (Wildman–Crippen MR) is 80.1 cm³/mol. The molecule has 0 bridgehead atoms. The molecule has 0 saturated carbocycles. The van der Waals surface area contributed by atoms with Crippen LogP contribution in [0.3, 0.4) is 0 Å². The van der Waals surface area contributed by atoms with E-state index in [9.17, 15) is 9.18 Å². The first-order valence-corrected chi connectivity index (χ1v) is 6.80. The summed E-state index contributed by atoms with van der Waals surface area (Å²) in [7, 11) is 0. The van der Waals surface area contributed by atoms with Crippen molar-refractivity contribution >= 4 is 5.91 Å². The quantitative estimate of drug-likeness (QED) is 0.857. The molecule has 2 rings (SSSR count). The molecule has 1 amide bonds. The first-order valence-electron chi connectivity index (χ1n) is 6.80. The maximum atomic E-state index is 13.5. The molecule has 2 aromatic rings. The number of amides is 1. The number of halogens is 1. The second-order valence-corrected chi connectivity index (χ2v) is 4.90. The Morgan fingerprint density at radius 3 is 2.67 bits per heavy atom. The lowest BCUT2D eigenvalue weighted by molar-refractivity contribution is 0.0943. The molecule has 0 radical (unpaired) electrons. The number of benzene rings is 2. The third-order valence-electron chi connectivity index (χ3n) is 3.01. The van der Waals surface area contributed by atoms with Crippen LogP contribution < -0.4 is 10.1 Å². The van der Waals surface area contributed by atoms with Crippen LogP contribution in [-0.2, 0) is 0 Å². The van der Waals surface area contributed by atoms with Crippen LogP contribution in [0.5, 0.6) is 5.75 Å². The molecule has 0 aliphatic heterocycles. The zero-order valence-corrected chi connectivity index (χ0v) is 12.2. The molecular weight excluding hydrogens is 269 g/mol. The predicted octanol–water partition coefficient (Wildman–Crippen LogP) is 3.25. The number of carbonyl (C=O) groups is 1. The maximum absolute atomic E-state index is 13.5. The highest BCUT2D eigenvalue weighted by atomic mass is 19.1. The molecule has 0 unspecified atom stereocenters. The molecule has 0 aliphatic carbocycles. The molecule has 0 aromatic heterocycles. The summed E-state index contributed by atoms with van der Waals surface area (Å²) in [4.78, 5) is 11.9. The third-order valence-corrected chi connectivity index (χ3v) is 3.01. The number of nitrogens with one attached hydrogen (secondary N) is 1. The molecule has 0 spiro atoms.